The first kappa shape index (κ1) is 33.0. The predicted molar refractivity (Wildman–Crippen MR) is 162 cm³/mol. The number of hydrogen-bond donors (Lipinski definition) is 3. The highest BCUT2D eigenvalue weighted by Gasteiger charge is 2.25. The highest BCUT2D eigenvalue weighted by molar-refractivity contribution is 5.86. The van der Waals surface area contributed by atoms with Crippen molar-refractivity contribution in [1.29, 1.82) is 0 Å². The predicted octanol–water partition coefficient (Wildman–Crippen LogP) is 4.71. The maximum atomic E-state index is 13.9. The lowest BCUT2D eigenvalue weighted by Gasteiger charge is -2.22. The summed E-state index contributed by atoms with van der Waals surface area (Å²) in [6, 6.07) is 9.14. The van der Waals surface area contributed by atoms with Gasteiger partial charge in [0, 0.05) is 23.4 Å². The second kappa shape index (κ2) is 13.0. The fourth-order valence-corrected chi connectivity index (χ4v) is 4.22. The Kier molecular flexibility index (Phi) is 9.50. The fraction of sp³-hybridized carbons (Fsp3) is 0.344. The van der Waals surface area contributed by atoms with Crippen molar-refractivity contribution in [2.24, 2.45) is 5.73 Å². The number of aromatic nitrogens is 4. The van der Waals surface area contributed by atoms with Crippen molar-refractivity contribution in [1.82, 2.24) is 19.6 Å². The van der Waals surface area contributed by atoms with Crippen LogP contribution in [0.4, 0.5) is 19.5 Å². The Balaban J connectivity index is 1.67. The number of ether oxygens (including phenoxy) is 2. The summed E-state index contributed by atoms with van der Waals surface area (Å²) in [5.41, 5.74) is 7.11. The van der Waals surface area contributed by atoms with Gasteiger partial charge in [0.25, 0.3) is 0 Å². The Morgan fingerprint density at radius 2 is 1.76 bits per heavy atom. The molecule has 13 heteroatoms. The number of halogens is 2. The van der Waals surface area contributed by atoms with Gasteiger partial charge in [-0.05, 0) is 95.8 Å². The van der Waals surface area contributed by atoms with E-state index >= 15 is 0 Å². The molecule has 0 aliphatic heterocycles. The molecule has 0 aliphatic rings. The van der Waals surface area contributed by atoms with Crippen LogP contribution in [0.3, 0.4) is 0 Å². The normalized spacial score (nSPS) is 13.0. The molecule has 0 saturated carbocycles. The van der Waals surface area contributed by atoms with Gasteiger partial charge in [-0.2, -0.15) is 0 Å². The van der Waals surface area contributed by atoms with Crippen LogP contribution in [0.1, 0.15) is 64.5 Å². The SMILES string of the molecule is C[C@H](OC(=O)Nc1nnc2ccc(-c3ccc(C#CC(C)(C)O)nc3C(N)Cc3cc(F)cc(F)c3)cn12)C(=O)OC(C)(C)C. The van der Waals surface area contributed by atoms with Gasteiger partial charge in [0.1, 0.15) is 28.5 Å². The van der Waals surface area contributed by atoms with E-state index in [-0.39, 0.29) is 12.4 Å². The number of rotatable bonds is 7. The number of pyridine rings is 2. The number of nitrogens with zero attached hydrogens (tertiary/aromatic N) is 4. The van der Waals surface area contributed by atoms with Crippen LogP contribution in [0.5, 0.6) is 0 Å². The molecule has 236 valence electrons. The Morgan fingerprint density at radius 1 is 1.07 bits per heavy atom. The van der Waals surface area contributed by atoms with E-state index in [1.54, 1.807) is 51.2 Å². The molecule has 1 amide bonds. The van der Waals surface area contributed by atoms with E-state index < -0.39 is 47.0 Å². The molecule has 3 heterocycles. The maximum Gasteiger partial charge on any atom is 0.414 e. The molecule has 0 spiro atoms. The minimum Gasteiger partial charge on any atom is -0.457 e. The van der Waals surface area contributed by atoms with Gasteiger partial charge in [-0.15, -0.1) is 10.2 Å². The number of carbonyl (C=O) groups excluding carboxylic acids is 2. The second-order valence-corrected chi connectivity index (χ2v) is 11.9. The van der Waals surface area contributed by atoms with Gasteiger partial charge in [0.15, 0.2) is 11.8 Å². The van der Waals surface area contributed by atoms with Crippen LogP contribution in [0.25, 0.3) is 16.8 Å². The smallest absolute Gasteiger partial charge is 0.414 e. The van der Waals surface area contributed by atoms with Crippen LogP contribution in [0.2, 0.25) is 0 Å². The second-order valence-electron chi connectivity index (χ2n) is 11.9. The summed E-state index contributed by atoms with van der Waals surface area (Å²) in [6.07, 6.45) is -0.437. The third kappa shape index (κ3) is 9.04. The van der Waals surface area contributed by atoms with Crippen molar-refractivity contribution in [3.8, 4) is 23.0 Å². The van der Waals surface area contributed by atoms with E-state index in [1.807, 2.05) is 0 Å². The van der Waals surface area contributed by atoms with E-state index in [1.165, 1.54) is 37.3 Å². The number of hydrogen-bond acceptors (Lipinski definition) is 9. The molecule has 0 radical (unpaired) electrons. The van der Waals surface area contributed by atoms with Crippen molar-refractivity contribution >= 4 is 23.7 Å². The Labute approximate surface area is 258 Å². The molecule has 45 heavy (non-hydrogen) atoms. The molecule has 1 aromatic carbocycles. The molecule has 2 atom stereocenters. The van der Waals surface area contributed by atoms with E-state index in [2.05, 4.69) is 32.3 Å². The van der Waals surface area contributed by atoms with Gasteiger partial charge in [-0.25, -0.2) is 23.4 Å². The minimum atomic E-state index is -1.27. The first-order chi connectivity index (χ1) is 21.0. The van der Waals surface area contributed by atoms with Crippen LogP contribution in [-0.2, 0) is 20.7 Å². The largest absolute Gasteiger partial charge is 0.457 e. The third-order valence-corrected chi connectivity index (χ3v) is 6.10. The number of nitrogens with two attached hydrogens (primary N) is 1. The van der Waals surface area contributed by atoms with Crippen molar-refractivity contribution < 1.29 is 33.0 Å². The van der Waals surface area contributed by atoms with Crippen molar-refractivity contribution in [2.75, 3.05) is 5.32 Å². The third-order valence-electron chi connectivity index (χ3n) is 6.10. The number of anilines is 1. The van der Waals surface area contributed by atoms with E-state index in [9.17, 15) is 23.5 Å². The summed E-state index contributed by atoms with van der Waals surface area (Å²) in [5.74, 6) is 3.37. The first-order valence-electron chi connectivity index (χ1n) is 14.0. The molecule has 0 saturated heterocycles. The topological polar surface area (TPSA) is 154 Å². The van der Waals surface area contributed by atoms with Crippen LogP contribution < -0.4 is 11.1 Å². The van der Waals surface area contributed by atoms with E-state index in [0.29, 0.717) is 33.7 Å². The Morgan fingerprint density at radius 3 is 2.40 bits per heavy atom. The molecule has 0 fully saturated rings. The summed E-state index contributed by atoms with van der Waals surface area (Å²) in [5, 5.41) is 20.6. The van der Waals surface area contributed by atoms with Gasteiger partial charge < -0.3 is 20.3 Å². The molecule has 0 aliphatic carbocycles. The highest BCUT2D eigenvalue weighted by Crippen LogP contribution is 2.29. The minimum absolute atomic E-state index is 0.00921. The Bertz CT molecular complexity index is 1780. The van der Waals surface area contributed by atoms with Gasteiger partial charge in [0.05, 0.1) is 11.7 Å². The van der Waals surface area contributed by atoms with Crippen LogP contribution in [-0.4, -0.2) is 54.1 Å². The molecule has 11 nitrogen and oxygen atoms in total. The maximum absolute atomic E-state index is 13.9. The zero-order chi connectivity index (χ0) is 33.1. The zero-order valence-electron chi connectivity index (χ0n) is 25.7. The average molecular weight is 621 g/mol. The molecule has 3 aromatic heterocycles. The van der Waals surface area contributed by atoms with Gasteiger partial charge in [0.2, 0.25) is 5.95 Å². The zero-order valence-corrected chi connectivity index (χ0v) is 25.7. The number of aliphatic hydroxyl groups is 1. The number of esters is 1. The summed E-state index contributed by atoms with van der Waals surface area (Å²) in [7, 11) is 0. The summed E-state index contributed by atoms with van der Waals surface area (Å²) < 4.78 is 39.7. The first-order valence-corrected chi connectivity index (χ1v) is 14.0. The molecule has 4 rings (SSSR count). The monoisotopic (exact) mass is 620 g/mol. The standard InChI is InChI=1S/C32H34F2N6O5/c1-18(28(41)45-31(2,3)4)44-30(42)37-29-39-38-26-10-7-20(17-40(26)29)24-9-8-23(11-12-32(5,6)43)36-27(24)25(35)15-19-13-21(33)16-22(34)14-19/h7-10,13-14,16-18,25,43H,15,35H2,1-6H3,(H,37,39,42)/t18-,25?/m0/s1. The lowest BCUT2D eigenvalue weighted by Crippen LogP contribution is -2.34. The number of fused-ring (bicyclic) bond motifs is 1. The van der Waals surface area contributed by atoms with E-state index in [4.69, 9.17) is 15.2 Å². The quantitative estimate of drug-likeness (QED) is 0.197. The fourth-order valence-electron chi connectivity index (χ4n) is 4.22. The molecule has 0 bridgehead atoms. The summed E-state index contributed by atoms with van der Waals surface area (Å²) >= 11 is 0. The average Bonchev–Trinajstić information content (AvgIpc) is 3.31. The lowest BCUT2D eigenvalue weighted by atomic mass is 9.96. The van der Waals surface area contributed by atoms with Crippen LogP contribution in [0, 0.1) is 23.5 Å². The van der Waals surface area contributed by atoms with Crippen LogP contribution >= 0.6 is 0 Å². The Hall–Kier alpha value is -4.93. The van der Waals surface area contributed by atoms with Gasteiger partial charge in [-0.3, -0.25) is 9.72 Å². The van der Waals surface area contributed by atoms with Crippen LogP contribution in [0.15, 0.2) is 48.7 Å². The summed E-state index contributed by atoms with van der Waals surface area (Å²) in [4.78, 5) is 29.5. The molecule has 1 unspecified atom stereocenters. The molecular formula is C32H34F2N6O5. The number of amides is 1. The lowest BCUT2D eigenvalue weighted by molar-refractivity contribution is -0.163. The number of carbonyl (C=O) groups is 2. The van der Waals surface area contributed by atoms with Gasteiger partial charge >= 0.3 is 12.1 Å². The van der Waals surface area contributed by atoms with Crippen molar-refractivity contribution in [2.45, 2.75) is 71.3 Å². The molecule has 4 N–H and O–H groups in total. The van der Waals surface area contributed by atoms with Crippen molar-refractivity contribution in [3.05, 3.63) is 77.2 Å². The van der Waals surface area contributed by atoms with E-state index in [0.717, 1.165) is 6.07 Å². The number of benzene rings is 1. The molecular weight excluding hydrogens is 586 g/mol. The number of nitrogens with one attached hydrogen (secondary N) is 1. The molecule has 4 aromatic rings. The van der Waals surface area contributed by atoms with Gasteiger partial charge in [-0.1, -0.05) is 5.92 Å². The summed E-state index contributed by atoms with van der Waals surface area (Å²) in [6.45, 7) is 9.55. The highest BCUT2D eigenvalue weighted by atomic mass is 19.1. The van der Waals surface area contributed by atoms with Crippen molar-refractivity contribution in [3.63, 3.8) is 0 Å².